The summed E-state index contributed by atoms with van der Waals surface area (Å²) >= 11 is 0. The molecule has 7 heteroatoms. The van der Waals surface area contributed by atoms with Gasteiger partial charge in [0.1, 0.15) is 0 Å². The summed E-state index contributed by atoms with van der Waals surface area (Å²) in [6.07, 6.45) is 8.91. The molecule has 0 aromatic heterocycles. The van der Waals surface area contributed by atoms with E-state index in [0.29, 0.717) is 5.69 Å². The second kappa shape index (κ2) is 9.30. The normalized spacial score (nSPS) is 19.1. The highest BCUT2D eigenvalue weighted by molar-refractivity contribution is 8.29. The highest BCUT2D eigenvalue weighted by Crippen LogP contribution is 2.53. The standard InChI is InChI=1S/C20H35N3O3S/c1-20(2,3)27(5,6)26-15-14-22-13-7-8-18(16-22)21-17-9-11-19(12-10-17)23(24)25-4/h7-12,18,21,24H,13-16H2,1-6H3. The Morgan fingerprint density at radius 1 is 1.26 bits per heavy atom. The predicted molar refractivity (Wildman–Crippen MR) is 116 cm³/mol. The van der Waals surface area contributed by atoms with Crippen LogP contribution in [-0.2, 0) is 9.02 Å². The first-order valence-electron chi connectivity index (χ1n) is 9.28. The molecule has 1 aromatic carbocycles. The lowest BCUT2D eigenvalue weighted by Gasteiger charge is -2.44. The Hall–Kier alpha value is -1.25. The molecule has 1 unspecified atom stereocenters. The number of benzene rings is 1. The van der Waals surface area contributed by atoms with Crippen molar-refractivity contribution in [2.24, 2.45) is 0 Å². The zero-order chi connectivity index (χ0) is 20.1. The molecule has 6 nitrogen and oxygen atoms in total. The van der Waals surface area contributed by atoms with Crippen LogP contribution in [0.1, 0.15) is 20.8 Å². The maximum absolute atomic E-state index is 9.53. The average molecular weight is 398 g/mol. The van der Waals surface area contributed by atoms with Gasteiger partial charge >= 0.3 is 0 Å². The van der Waals surface area contributed by atoms with Crippen LogP contribution in [-0.4, -0.2) is 66.8 Å². The second-order valence-corrected chi connectivity index (χ2v) is 12.0. The molecular weight excluding hydrogens is 362 g/mol. The number of anilines is 2. The van der Waals surface area contributed by atoms with Crippen LogP contribution in [0, 0.1) is 0 Å². The Balaban J connectivity index is 1.82. The highest BCUT2D eigenvalue weighted by atomic mass is 32.3. The second-order valence-electron chi connectivity index (χ2n) is 8.11. The van der Waals surface area contributed by atoms with Crippen molar-refractivity contribution in [1.29, 1.82) is 0 Å². The van der Waals surface area contributed by atoms with Crippen LogP contribution in [0.3, 0.4) is 0 Å². The summed E-state index contributed by atoms with van der Waals surface area (Å²) in [4.78, 5) is 7.17. The van der Waals surface area contributed by atoms with Gasteiger partial charge in [0, 0.05) is 30.1 Å². The monoisotopic (exact) mass is 397 g/mol. The molecule has 0 fully saturated rings. The molecular formula is C20H35N3O3S. The van der Waals surface area contributed by atoms with Gasteiger partial charge in [-0.2, -0.15) is 0 Å². The molecule has 0 spiro atoms. The van der Waals surface area contributed by atoms with Crippen molar-refractivity contribution in [2.75, 3.05) is 56.4 Å². The fourth-order valence-electron chi connectivity index (χ4n) is 2.62. The Labute approximate surface area is 165 Å². The number of nitrogens with one attached hydrogen (secondary N) is 1. The van der Waals surface area contributed by atoms with Crippen LogP contribution in [0.2, 0.25) is 0 Å². The third kappa shape index (κ3) is 6.40. The van der Waals surface area contributed by atoms with E-state index in [4.69, 9.17) is 9.02 Å². The van der Waals surface area contributed by atoms with Crippen LogP contribution in [0.5, 0.6) is 0 Å². The topological polar surface area (TPSA) is 57.2 Å². The third-order valence-electron chi connectivity index (χ3n) is 5.06. The van der Waals surface area contributed by atoms with Gasteiger partial charge in [0.25, 0.3) is 0 Å². The van der Waals surface area contributed by atoms with Gasteiger partial charge < -0.3 is 9.50 Å². The summed E-state index contributed by atoms with van der Waals surface area (Å²) in [5.74, 6) is 0. The van der Waals surface area contributed by atoms with E-state index in [-0.39, 0.29) is 10.8 Å². The Morgan fingerprint density at radius 3 is 2.52 bits per heavy atom. The van der Waals surface area contributed by atoms with Crippen molar-refractivity contribution in [1.82, 2.24) is 4.90 Å². The summed E-state index contributed by atoms with van der Waals surface area (Å²) < 4.78 is 6.45. The van der Waals surface area contributed by atoms with E-state index in [1.54, 1.807) is 12.1 Å². The largest absolute Gasteiger partial charge is 0.378 e. The highest BCUT2D eigenvalue weighted by Gasteiger charge is 2.28. The zero-order valence-corrected chi connectivity index (χ0v) is 18.3. The van der Waals surface area contributed by atoms with E-state index in [1.165, 1.54) is 7.11 Å². The SMILES string of the molecule is CON(O)c1ccc(NC2C=CCN(CCOS(C)(C)C(C)(C)C)C2)cc1. The Kier molecular flexibility index (Phi) is 7.59. The molecule has 1 heterocycles. The van der Waals surface area contributed by atoms with Crippen molar-refractivity contribution in [3.8, 4) is 0 Å². The van der Waals surface area contributed by atoms with Crippen molar-refractivity contribution in [2.45, 2.75) is 31.6 Å². The molecule has 154 valence electrons. The number of nitrogens with zero attached hydrogens (tertiary/aromatic N) is 2. The average Bonchev–Trinajstić information content (AvgIpc) is 2.61. The molecule has 1 atom stereocenters. The number of hydrogen-bond acceptors (Lipinski definition) is 6. The van der Waals surface area contributed by atoms with Crippen LogP contribution in [0.4, 0.5) is 11.4 Å². The van der Waals surface area contributed by atoms with Gasteiger partial charge in [0.15, 0.2) is 0 Å². The van der Waals surface area contributed by atoms with Gasteiger partial charge in [-0.15, -0.1) is 15.5 Å². The van der Waals surface area contributed by atoms with Gasteiger partial charge in [-0.05, 0) is 36.8 Å². The summed E-state index contributed by atoms with van der Waals surface area (Å²) in [7, 11) is 0.349. The van der Waals surface area contributed by atoms with Crippen molar-refractivity contribution < 1.29 is 14.2 Å². The molecule has 0 saturated heterocycles. The zero-order valence-electron chi connectivity index (χ0n) is 17.4. The molecule has 2 N–H and O–H groups in total. The lowest BCUT2D eigenvalue weighted by molar-refractivity contribution is -0.0109. The van der Waals surface area contributed by atoms with Crippen molar-refractivity contribution >= 4 is 21.7 Å². The molecule has 27 heavy (non-hydrogen) atoms. The van der Waals surface area contributed by atoms with E-state index in [1.807, 2.05) is 12.1 Å². The maximum atomic E-state index is 9.53. The Bertz CT molecular complexity index is 614. The first-order chi connectivity index (χ1) is 12.6. The van der Waals surface area contributed by atoms with Gasteiger partial charge in [-0.25, -0.2) is 0 Å². The van der Waals surface area contributed by atoms with Crippen molar-refractivity contribution in [3.05, 3.63) is 36.4 Å². The molecule has 0 radical (unpaired) electrons. The predicted octanol–water partition coefficient (Wildman–Crippen LogP) is 3.89. The Morgan fingerprint density at radius 2 is 1.93 bits per heavy atom. The van der Waals surface area contributed by atoms with Gasteiger partial charge in [0.05, 0.1) is 25.4 Å². The summed E-state index contributed by atoms with van der Waals surface area (Å²) in [5.41, 5.74) is 1.60. The quantitative estimate of drug-likeness (QED) is 0.513. The molecule has 1 aliphatic heterocycles. The molecule has 2 rings (SSSR count). The minimum atomic E-state index is -1.07. The molecule has 1 aromatic rings. The summed E-state index contributed by atoms with van der Waals surface area (Å²) in [5, 5.41) is 13.8. The smallest absolute Gasteiger partial charge is 0.0946 e. The number of rotatable bonds is 8. The maximum Gasteiger partial charge on any atom is 0.0946 e. The molecule has 1 aliphatic rings. The van der Waals surface area contributed by atoms with Crippen LogP contribution >= 0.6 is 10.3 Å². The minimum absolute atomic E-state index is 0.192. The van der Waals surface area contributed by atoms with E-state index >= 15 is 0 Å². The minimum Gasteiger partial charge on any atom is -0.378 e. The first-order valence-corrected chi connectivity index (χ1v) is 11.7. The van der Waals surface area contributed by atoms with Gasteiger partial charge in [0.2, 0.25) is 0 Å². The van der Waals surface area contributed by atoms with E-state index in [0.717, 1.165) is 37.2 Å². The van der Waals surface area contributed by atoms with E-state index in [9.17, 15) is 5.21 Å². The molecule has 0 amide bonds. The van der Waals surface area contributed by atoms with Crippen molar-refractivity contribution in [3.63, 3.8) is 0 Å². The fraction of sp³-hybridized carbons (Fsp3) is 0.600. The fourth-order valence-corrected chi connectivity index (χ4v) is 3.46. The summed E-state index contributed by atoms with van der Waals surface area (Å²) in [6, 6.07) is 7.73. The first kappa shape index (κ1) is 22.0. The molecule has 0 saturated carbocycles. The van der Waals surface area contributed by atoms with Gasteiger partial charge in [-0.3, -0.25) is 14.9 Å². The van der Waals surface area contributed by atoms with Crippen LogP contribution in [0.25, 0.3) is 0 Å². The summed E-state index contributed by atoms with van der Waals surface area (Å²) in [6.45, 7) is 10.3. The lowest BCUT2D eigenvalue weighted by atomic mass is 10.1. The van der Waals surface area contributed by atoms with E-state index < -0.39 is 10.3 Å². The lowest BCUT2D eigenvalue weighted by Crippen LogP contribution is -2.41. The third-order valence-corrected chi connectivity index (χ3v) is 8.77. The van der Waals surface area contributed by atoms with Gasteiger partial charge in [-0.1, -0.05) is 32.9 Å². The molecule has 0 bridgehead atoms. The molecule has 0 aliphatic carbocycles. The van der Waals surface area contributed by atoms with E-state index in [2.05, 4.69) is 55.7 Å². The number of hydrogen-bond donors (Lipinski definition) is 2. The van der Waals surface area contributed by atoms with Crippen LogP contribution in [0.15, 0.2) is 36.4 Å². The van der Waals surface area contributed by atoms with Crippen LogP contribution < -0.4 is 10.5 Å².